The van der Waals surface area contributed by atoms with Crippen molar-refractivity contribution in [3.05, 3.63) is 65.8 Å². The first-order chi connectivity index (χ1) is 16.5. The lowest BCUT2D eigenvalue weighted by Gasteiger charge is -2.31. The molecule has 2 aromatic carbocycles. The summed E-state index contributed by atoms with van der Waals surface area (Å²) in [5, 5.41) is 9.78. The number of carbonyl (C=O) groups is 2. The summed E-state index contributed by atoms with van der Waals surface area (Å²) in [6, 6.07) is 12.9. The molecule has 1 aliphatic heterocycles. The van der Waals surface area contributed by atoms with E-state index < -0.39 is 0 Å². The van der Waals surface area contributed by atoms with E-state index in [-0.39, 0.29) is 23.5 Å². The van der Waals surface area contributed by atoms with E-state index in [1.165, 1.54) is 12.1 Å². The van der Waals surface area contributed by atoms with Crippen LogP contribution in [0.3, 0.4) is 0 Å². The van der Waals surface area contributed by atoms with Crippen LogP contribution in [-0.2, 0) is 11.3 Å². The second-order valence-electron chi connectivity index (χ2n) is 8.38. The Kier molecular flexibility index (Phi) is 7.64. The van der Waals surface area contributed by atoms with Crippen LogP contribution >= 0.6 is 0 Å². The Hall–Kier alpha value is -3.59. The highest BCUT2D eigenvalue weighted by Crippen LogP contribution is 2.23. The molecule has 0 spiro atoms. The van der Waals surface area contributed by atoms with Crippen molar-refractivity contribution < 1.29 is 18.5 Å². The van der Waals surface area contributed by atoms with Crippen LogP contribution in [0.1, 0.15) is 42.4 Å². The van der Waals surface area contributed by atoms with Gasteiger partial charge in [0.15, 0.2) is 0 Å². The number of benzene rings is 2. The molecule has 0 bridgehead atoms. The first-order valence-corrected chi connectivity index (χ1v) is 11.5. The molecule has 0 radical (unpaired) electrons. The number of nitrogens with one attached hydrogen (secondary N) is 2. The molecular weight excluding hydrogens is 437 g/mol. The molecule has 0 aliphatic carbocycles. The van der Waals surface area contributed by atoms with E-state index in [0.717, 1.165) is 25.8 Å². The fraction of sp³-hybridized carbons (Fsp3) is 0.360. The summed E-state index contributed by atoms with van der Waals surface area (Å²) in [6.07, 6.45) is 2.45. The summed E-state index contributed by atoms with van der Waals surface area (Å²) in [5.41, 5.74) is 1.64. The smallest absolute Gasteiger partial charge is 0.253 e. The van der Waals surface area contributed by atoms with Gasteiger partial charge in [-0.2, -0.15) is 4.98 Å². The van der Waals surface area contributed by atoms with Crippen molar-refractivity contribution in [3.63, 3.8) is 0 Å². The molecule has 178 valence electrons. The largest absolute Gasteiger partial charge is 0.352 e. The van der Waals surface area contributed by atoms with Crippen LogP contribution in [0, 0.1) is 11.7 Å². The third kappa shape index (κ3) is 5.85. The second kappa shape index (κ2) is 11.0. The number of para-hydroxylation sites is 1. The van der Waals surface area contributed by atoms with Gasteiger partial charge in [-0.25, -0.2) is 4.39 Å². The van der Waals surface area contributed by atoms with Gasteiger partial charge in [-0.1, -0.05) is 24.2 Å². The number of rotatable bonds is 8. The zero-order chi connectivity index (χ0) is 23.9. The first kappa shape index (κ1) is 23.6. The van der Waals surface area contributed by atoms with Gasteiger partial charge in [-0.05, 0) is 62.2 Å². The van der Waals surface area contributed by atoms with E-state index in [1.807, 2.05) is 6.92 Å². The minimum absolute atomic E-state index is 0.113. The average molecular weight is 466 g/mol. The number of aromatic nitrogens is 2. The van der Waals surface area contributed by atoms with Gasteiger partial charge in [-0.15, -0.1) is 0 Å². The van der Waals surface area contributed by atoms with Gasteiger partial charge in [-0.3, -0.25) is 14.5 Å². The maximum absolute atomic E-state index is 13.1. The Bertz CT molecular complexity index is 1130. The molecule has 2 amide bonds. The molecule has 1 fully saturated rings. The number of hydrogen-bond acceptors (Lipinski definition) is 6. The molecule has 3 aromatic rings. The fourth-order valence-electron chi connectivity index (χ4n) is 4.00. The Morgan fingerprint density at radius 3 is 2.76 bits per heavy atom. The van der Waals surface area contributed by atoms with Crippen molar-refractivity contribution in [1.29, 1.82) is 0 Å². The molecule has 2 heterocycles. The molecule has 8 nitrogen and oxygen atoms in total. The Morgan fingerprint density at radius 1 is 1.18 bits per heavy atom. The third-order valence-electron chi connectivity index (χ3n) is 5.77. The minimum Gasteiger partial charge on any atom is -0.352 e. The summed E-state index contributed by atoms with van der Waals surface area (Å²) in [7, 11) is 0. The lowest BCUT2D eigenvalue weighted by molar-refractivity contribution is -0.121. The van der Waals surface area contributed by atoms with Crippen LogP contribution in [0.15, 0.2) is 53.1 Å². The Labute approximate surface area is 197 Å². The predicted octanol–water partition coefficient (Wildman–Crippen LogP) is 3.87. The topological polar surface area (TPSA) is 100 Å². The van der Waals surface area contributed by atoms with Crippen molar-refractivity contribution in [2.24, 2.45) is 5.92 Å². The number of anilines is 1. The standard InChI is InChI=1S/C25H28FN5O3/c1-2-13-27-25(33)20-7-3-4-8-21(20)28-24(32)18-6-5-14-31(15-18)16-22-29-23(30-34-22)17-9-11-19(26)12-10-17/h3-4,7-12,18H,2,5-6,13-16H2,1H3,(H,27,33)(H,28,32). The van der Waals surface area contributed by atoms with Crippen molar-refractivity contribution in [1.82, 2.24) is 20.4 Å². The molecule has 2 N–H and O–H groups in total. The van der Waals surface area contributed by atoms with Gasteiger partial charge >= 0.3 is 0 Å². The maximum Gasteiger partial charge on any atom is 0.253 e. The number of halogens is 1. The quantitative estimate of drug-likeness (QED) is 0.524. The number of likely N-dealkylation sites (tertiary alicyclic amines) is 1. The maximum atomic E-state index is 13.1. The molecule has 1 aliphatic rings. The van der Waals surface area contributed by atoms with Gasteiger partial charge in [0.2, 0.25) is 17.6 Å². The van der Waals surface area contributed by atoms with E-state index in [0.29, 0.717) is 48.2 Å². The van der Waals surface area contributed by atoms with Gasteiger partial charge in [0.05, 0.1) is 23.7 Å². The van der Waals surface area contributed by atoms with E-state index in [4.69, 9.17) is 4.52 Å². The molecule has 1 unspecified atom stereocenters. The average Bonchev–Trinajstić information content (AvgIpc) is 3.32. The van der Waals surface area contributed by atoms with Crippen molar-refractivity contribution in [3.8, 4) is 11.4 Å². The Balaban J connectivity index is 1.37. The number of amides is 2. The first-order valence-electron chi connectivity index (χ1n) is 11.5. The highest BCUT2D eigenvalue weighted by atomic mass is 19.1. The summed E-state index contributed by atoms with van der Waals surface area (Å²) in [5.74, 6) is -0.0127. The van der Waals surface area contributed by atoms with E-state index in [9.17, 15) is 14.0 Å². The zero-order valence-corrected chi connectivity index (χ0v) is 19.1. The van der Waals surface area contributed by atoms with Crippen LogP contribution in [0.4, 0.5) is 10.1 Å². The van der Waals surface area contributed by atoms with E-state index in [1.54, 1.807) is 36.4 Å². The lowest BCUT2D eigenvalue weighted by Crippen LogP contribution is -2.40. The number of carbonyl (C=O) groups excluding carboxylic acids is 2. The molecule has 4 rings (SSSR count). The number of hydrogen-bond donors (Lipinski definition) is 2. The van der Waals surface area contributed by atoms with Gasteiger partial charge in [0.1, 0.15) is 5.82 Å². The van der Waals surface area contributed by atoms with Crippen molar-refractivity contribution in [2.75, 3.05) is 25.0 Å². The van der Waals surface area contributed by atoms with Gasteiger partial charge in [0, 0.05) is 18.7 Å². The molecule has 1 aromatic heterocycles. The summed E-state index contributed by atoms with van der Waals surface area (Å²) in [4.78, 5) is 32.0. The molecule has 34 heavy (non-hydrogen) atoms. The molecule has 1 saturated heterocycles. The van der Waals surface area contributed by atoms with Crippen molar-refractivity contribution in [2.45, 2.75) is 32.7 Å². The zero-order valence-electron chi connectivity index (χ0n) is 19.1. The highest BCUT2D eigenvalue weighted by Gasteiger charge is 2.28. The SMILES string of the molecule is CCCNC(=O)c1ccccc1NC(=O)C1CCCN(Cc2nc(-c3ccc(F)cc3)no2)C1. The van der Waals surface area contributed by atoms with Crippen LogP contribution in [-0.4, -0.2) is 46.5 Å². The van der Waals surface area contributed by atoms with Crippen LogP contribution in [0.5, 0.6) is 0 Å². The molecular formula is C25H28FN5O3. The Morgan fingerprint density at radius 2 is 1.97 bits per heavy atom. The summed E-state index contributed by atoms with van der Waals surface area (Å²) >= 11 is 0. The minimum atomic E-state index is -0.325. The van der Waals surface area contributed by atoms with Crippen molar-refractivity contribution >= 4 is 17.5 Å². The predicted molar refractivity (Wildman–Crippen MR) is 125 cm³/mol. The fourth-order valence-corrected chi connectivity index (χ4v) is 4.00. The van der Waals surface area contributed by atoms with Gasteiger partial charge in [0.25, 0.3) is 5.91 Å². The number of piperidine rings is 1. The highest BCUT2D eigenvalue weighted by molar-refractivity contribution is 6.04. The van der Waals surface area contributed by atoms with E-state index in [2.05, 4.69) is 25.7 Å². The van der Waals surface area contributed by atoms with Crippen LogP contribution < -0.4 is 10.6 Å². The lowest BCUT2D eigenvalue weighted by atomic mass is 9.96. The van der Waals surface area contributed by atoms with Crippen LogP contribution in [0.2, 0.25) is 0 Å². The normalized spacial score (nSPS) is 16.2. The number of nitrogens with zero attached hydrogens (tertiary/aromatic N) is 3. The molecule has 9 heteroatoms. The third-order valence-corrected chi connectivity index (χ3v) is 5.77. The molecule has 0 saturated carbocycles. The summed E-state index contributed by atoms with van der Waals surface area (Å²) < 4.78 is 18.5. The van der Waals surface area contributed by atoms with E-state index >= 15 is 0 Å². The van der Waals surface area contributed by atoms with Gasteiger partial charge < -0.3 is 15.2 Å². The van der Waals surface area contributed by atoms with Crippen LogP contribution in [0.25, 0.3) is 11.4 Å². The second-order valence-corrected chi connectivity index (χ2v) is 8.38. The summed E-state index contributed by atoms with van der Waals surface area (Å²) in [6.45, 7) is 4.35. The molecule has 1 atom stereocenters. The monoisotopic (exact) mass is 465 g/mol.